The summed E-state index contributed by atoms with van der Waals surface area (Å²) in [5.41, 5.74) is -0.231. The van der Waals surface area contributed by atoms with Crippen LogP contribution in [-0.4, -0.2) is 128 Å². The topological polar surface area (TPSA) is 291 Å². The van der Waals surface area contributed by atoms with E-state index >= 15 is 0 Å². The Hall–Kier alpha value is -4.30. The summed E-state index contributed by atoms with van der Waals surface area (Å²) in [6.07, 6.45) is 1.08. The minimum Gasteiger partial charge on any atom is -0.481 e. The summed E-state index contributed by atoms with van der Waals surface area (Å²) in [4.78, 5) is 96.2. The summed E-state index contributed by atoms with van der Waals surface area (Å²) in [6, 6.07) is -1.34. The van der Waals surface area contributed by atoms with E-state index in [1.165, 1.54) is 0 Å². The van der Waals surface area contributed by atoms with Crippen molar-refractivity contribution in [3.63, 3.8) is 0 Å². The van der Waals surface area contributed by atoms with E-state index in [1.807, 2.05) is 0 Å². The Morgan fingerprint density at radius 1 is 0.821 bits per heavy atom. The molecule has 0 aromatic rings. The normalized spacial score (nSPS) is 13.7. The molecular weight excluding hydrogens is 758 g/mol. The summed E-state index contributed by atoms with van der Waals surface area (Å²) in [7, 11) is -3.65. The highest BCUT2D eigenvalue weighted by Crippen LogP contribution is 2.24. The highest BCUT2D eigenvalue weighted by Gasteiger charge is 2.28. The fourth-order valence-electron chi connectivity index (χ4n) is 5.24. The number of ketones is 4. The van der Waals surface area contributed by atoms with Crippen LogP contribution >= 0.6 is 0 Å². The van der Waals surface area contributed by atoms with Crippen LogP contribution in [0, 0.1) is 11.3 Å². The summed E-state index contributed by atoms with van der Waals surface area (Å²) >= 11 is 0. The van der Waals surface area contributed by atoms with Gasteiger partial charge >= 0.3 is 11.9 Å². The van der Waals surface area contributed by atoms with Crippen molar-refractivity contribution in [3.8, 4) is 0 Å². The van der Waals surface area contributed by atoms with E-state index in [-0.39, 0.29) is 117 Å². The van der Waals surface area contributed by atoms with Crippen LogP contribution in [-0.2, 0) is 57.7 Å². The van der Waals surface area contributed by atoms with Crippen LogP contribution in [0.15, 0.2) is 15.4 Å². The number of ether oxygens (including phenoxy) is 2. The molecule has 4 N–H and O–H groups in total. The van der Waals surface area contributed by atoms with Crippen molar-refractivity contribution in [3.05, 3.63) is 0 Å². The number of carbonyl (C=O) groups excluding carboxylic acids is 6. The molecule has 0 fully saturated rings. The fraction of sp³-hybridized carbons (Fsp3) is 0.750. The molecule has 320 valence electrons. The van der Waals surface area contributed by atoms with Gasteiger partial charge in [-0.05, 0) is 37.3 Å². The number of carbonyl (C=O) groups is 8. The smallest absolute Gasteiger partial charge is 0.326 e. The second-order valence-electron chi connectivity index (χ2n) is 14.6. The van der Waals surface area contributed by atoms with E-state index in [9.17, 15) is 51.9 Å². The summed E-state index contributed by atoms with van der Waals surface area (Å²) in [6.45, 7) is 5.54. The molecule has 0 radical (unpaired) electrons. The third-order valence-electron chi connectivity index (χ3n) is 8.45. The highest BCUT2D eigenvalue weighted by molar-refractivity contribution is 7.92. The van der Waals surface area contributed by atoms with Crippen LogP contribution in [0.1, 0.15) is 107 Å². The zero-order valence-corrected chi connectivity index (χ0v) is 33.4. The van der Waals surface area contributed by atoms with Gasteiger partial charge in [-0.25, -0.2) is 13.2 Å². The lowest BCUT2D eigenvalue weighted by molar-refractivity contribution is -0.143. The standard InChI is InChI=1S/C36H57N5O14S.2H2/c1-36(2,3)31(45)20-25(30(44)12-14-34(48)49)8-4-5-15-37-32(46)13-11-29(35(50)51)39-33(47)23-55-18-17-54-16-6-9-27(42)10-7-19-56(52,53)24-28(43)21-26-22-38-41-40-26;;/h25,29H,4-24H2,1-3H3,(H,37,46)(H,39,47)(H,48,49)(H,50,51);2*1H/t25-,29?;;/m1../s1. The number of aliphatic carboxylic acids is 2. The Labute approximate surface area is 330 Å². The van der Waals surface area contributed by atoms with E-state index in [1.54, 1.807) is 20.8 Å². The van der Waals surface area contributed by atoms with Crippen molar-refractivity contribution in [2.45, 2.75) is 110 Å². The van der Waals surface area contributed by atoms with Crippen LogP contribution in [0.4, 0.5) is 0 Å². The minimum absolute atomic E-state index is 0. The van der Waals surface area contributed by atoms with Gasteiger partial charge in [-0.1, -0.05) is 27.2 Å². The summed E-state index contributed by atoms with van der Waals surface area (Å²) < 4.78 is 34.9. The van der Waals surface area contributed by atoms with E-state index < -0.39 is 69.1 Å². The van der Waals surface area contributed by atoms with Gasteiger partial charge < -0.3 is 30.3 Å². The molecule has 20 heteroatoms. The first-order chi connectivity index (χ1) is 26.3. The predicted molar refractivity (Wildman–Crippen MR) is 205 cm³/mol. The molecule has 56 heavy (non-hydrogen) atoms. The molecule has 19 nitrogen and oxygen atoms in total. The molecule has 0 aromatic heterocycles. The van der Waals surface area contributed by atoms with Gasteiger partial charge in [0, 0.05) is 65.9 Å². The number of nitrogens with zero attached hydrogens (tertiary/aromatic N) is 3. The first-order valence-corrected chi connectivity index (χ1v) is 20.5. The number of Topliss-reactive ketones (excluding diaryl/α,β-unsaturated/α-hetero) is 4. The van der Waals surface area contributed by atoms with E-state index in [2.05, 4.69) is 26.1 Å². The zero-order chi connectivity index (χ0) is 42.1. The molecule has 1 aliphatic rings. The monoisotopic (exact) mass is 819 g/mol. The second-order valence-corrected chi connectivity index (χ2v) is 16.7. The zero-order valence-electron chi connectivity index (χ0n) is 32.5. The van der Waals surface area contributed by atoms with Gasteiger partial charge in [0.05, 0.1) is 31.1 Å². The van der Waals surface area contributed by atoms with Crippen LogP contribution in [0.2, 0.25) is 0 Å². The first kappa shape index (κ1) is 49.7. The maximum absolute atomic E-state index is 12.6. The number of carboxylic acids is 2. The van der Waals surface area contributed by atoms with Gasteiger partial charge in [0.1, 0.15) is 42.3 Å². The molecule has 1 heterocycles. The molecule has 0 bridgehead atoms. The average molecular weight is 820 g/mol. The third kappa shape index (κ3) is 24.3. The molecule has 2 amide bonds. The van der Waals surface area contributed by atoms with Crippen molar-refractivity contribution in [2.24, 2.45) is 26.8 Å². The maximum atomic E-state index is 12.6. The van der Waals surface area contributed by atoms with Crippen LogP contribution in [0.3, 0.4) is 0 Å². The first-order valence-electron chi connectivity index (χ1n) is 18.7. The molecule has 0 aliphatic carbocycles. The molecular formula is C36H61N5O14S. The lowest BCUT2D eigenvalue weighted by Crippen LogP contribution is -2.43. The lowest BCUT2D eigenvalue weighted by Gasteiger charge is -2.21. The quantitative estimate of drug-likeness (QED) is 0.0693. The van der Waals surface area contributed by atoms with Gasteiger partial charge in [-0.15, -0.1) is 5.10 Å². The Balaban J connectivity index is 0. The third-order valence-corrected chi connectivity index (χ3v) is 10.1. The molecule has 1 aliphatic heterocycles. The number of carboxylic acid groups (broad SMARTS) is 2. The number of sulfone groups is 1. The molecule has 0 saturated heterocycles. The van der Waals surface area contributed by atoms with E-state index in [4.69, 9.17) is 14.6 Å². The molecule has 0 aromatic carbocycles. The van der Waals surface area contributed by atoms with Gasteiger partial charge in [0.2, 0.25) is 11.8 Å². The van der Waals surface area contributed by atoms with Gasteiger partial charge in [-0.2, -0.15) is 5.11 Å². The predicted octanol–water partition coefficient (Wildman–Crippen LogP) is 2.53. The van der Waals surface area contributed by atoms with Crippen LogP contribution < -0.4 is 10.6 Å². The number of unbranched alkanes of at least 4 members (excludes halogenated alkanes) is 1. The SMILES string of the molecule is CC(C)(C)C(=O)C[C@@H](CCCCNC(=O)CCC(NC(=O)COCCOCCCC(=O)CCCS(=O)(=O)CC(=O)CC1=NN=NC1)C(=O)O)C(=O)CCC(=O)O.[HH].[HH]. The van der Waals surface area contributed by atoms with Crippen molar-refractivity contribution >= 4 is 62.4 Å². The number of amides is 2. The lowest BCUT2D eigenvalue weighted by atomic mass is 9.81. The number of nitrogens with one attached hydrogen (secondary N) is 2. The van der Waals surface area contributed by atoms with Gasteiger partial charge in [-0.3, -0.25) is 33.6 Å². The van der Waals surface area contributed by atoms with Crippen molar-refractivity contribution < 1.29 is 69.3 Å². The Kier molecular flexibility index (Phi) is 23.6. The molecule has 0 saturated carbocycles. The minimum atomic E-state index is -3.65. The Morgan fingerprint density at radius 3 is 2.16 bits per heavy atom. The Morgan fingerprint density at radius 2 is 1.52 bits per heavy atom. The average Bonchev–Trinajstić information content (AvgIpc) is 3.61. The van der Waals surface area contributed by atoms with Crippen LogP contribution in [0.5, 0.6) is 0 Å². The highest BCUT2D eigenvalue weighted by atomic mass is 32.2. The molecule has 0 spiro atoms. The van der Waals surface area contributed by atoms with Crippen LogP contribution in [0.25, 0.3) is 0 Å². The largest absolute Gasteiger partial charge is 0.481 e. The summed E-state index contributed by atoms with van der Waals surface area (Å²) in [5.74, 6) is -6.12. The molecule has 2 atom stereocenters. The molecule has 1 unspecified atom stereocenters. The molecule has 1 rings (SSSR count). The maximum Gasteiger partial charge on any atom is 0.326 e. The fourth-order valence-corrected chi connectivity index (χ4v) is 6.56. The van der Waals surface area contributed by atoms with Crippen molar-refractivity contribution in [2.75, 3.05) is 51.0 Å². The number of hydrogen-bond acceptors (Lipinski definition) is 15. The van der Waals surface area contributed by atoms with Gasteiger partial charge in [0.15, 0.2) is 15.6 Å². The van der Waals surface area contributed by atoms with E-state index in [0.717, 1.165) is 0 Å². The number of hydrogen-bond donors (Lipinski definition) is 4. The second kappa shape index (κ2) is 26.5. The van der Waals surface area contributed by atoms with Gasteiger partial charge in [0.25, 0.3) is 0 Å². The van der Waals surface area contributed by atoms with Crippen molar-refractivity contribution in [1.82, 2.24) is 10.6 Å². The van der Waals surface area contributed by atoms with E-state index in [0.29, 0.717) is 31.4 Å². The Bertz CT molecular complexity index is 1550. The summed E-state index contributed by atoms with van der Waals surface area (Å²) in [5, 5.41) is 34.0. The van der Waals surface area contributed by atoms with Crippen molar-refractivity contribution in [1.29, 1.82) is 0 Å². The number of rotatable bonds is 33.